The van der Waals surface area contributed by atoms with Crippen LogP contribution in [-0.2, 0) is 23.9 Å². The van der Waals surface area contributed by atoms with Gasteiger partial charge in [0, 0.05) is 22.9 Å². The van der Waals surface area contributed by atoms with E-state index in [1.54, 1.807) is 0 Å². The van der Waals surface area contributed by atoms with Crippen LogP contribution in [-0.4, -0.2) is 38.0 Å². The molecule has 2 aromatic carbocycles. The summed E-state index contributed by atoms with van der Waals surface area (Å²) in [6.07, 6.45) is 0.494. The second-order valence-electron chi connectivity index (χ2n) is 9.24. The van der Waals surface area contributed by atoms with Crippen molar-refractivity contribution in [2.75, 3.05) is 20.3 Å². The van der Waals surface area contributed by atoms with Gasteiger partial charge in [-0.2, -0.15) is 0 Å². The summed E-state index contributed by atoms with van der Waals surface area (Å²) < 4.78 is 16.2. The first-order chi connectivity index (χ1) is 17.3. The molecule has 0 spiro atoms. The minimum Gasteiger partial charge on any atom is -0.490 e. The zero-order valence-electron chi connectivity index (χ0n) is 21.0. The highest BCUT2D eigenvalue weighted by Gasteiger charge is 2.47. The van der Waals surface area contributed by atoms with Crippen molar-refractivity contribution in [3.8, 4) is 5.75 Å². The summed E-state index contributed by atoms with van der Waals surface area (Å²) in [5.74, 6) is -2.53. The number of ether oxygens (including phenoxy) is 3. The minimum absolute atomic E-state index is 0.0484. The van der Waals surface area contributed by atoms with E-state index in [0.29, 0.717) is 29.0 Å². The Kier molecular flexibility index (Phi) is 7.58. The number of carbonyl (C=O) groups excluding carboxylic acids is 3. The van der Waals surface area contributed by atoms with Gasteiger partial charge in [-0.1, -0.05) is 55.0 Å². The molecule has 3 atom stereocenters. The normalized spacial score (nSPS) is 21.4. The first-order valence-corrected chi connectivity index (χ1v) is 12.1. The molecule has 2 aromatic rings. The number of para-hydroxylation sites is 1. The molecule has 4 rings (SSSR count). The summed E-state index contributed by atoms with van der Waals surface area (Å²) in [7, 11) is 1.28. The van der Waals surface area contributed by atoms with E-state index < -0.39 is 23.8 Å². The molecule has 0 saturated heterocycles. The van der Waals surface area contributed by atoms with Crippen LogP contribution in [0.5, 0.6) is 5.75 Å². The number of carbonyl (C=O) groups is 3. The highest BCUT2D eigenvalue weighted by atomic mass is 16.6. The Labute approximate surface area is 211 Å². The van der Waals surface area contributed by atoms with E-state index in [1.165, 1.54) is 7.11 Å². The first-order valence-electron chi connectivity index (χ1n) is 12.1. The average Bonchev–Trinajstić information content (AvgIpc) is 2.86. The SMILES string of the molecule is COC(=O)[C@H]1C(=O)C2=C(C[C@H]1C)NC(C)=C(C(=O)OCCOc1ccccc1)[C@@H]2c1ccc(C)cc1. The summed E-state index contributed by atoms with van der Waals surface area (Å²) in [5, 5.41) is 3.27. The molecule has 0 unspecified atom stereocenters. The number of nitrogens with one attached hydrogen (secondary N) is 1. The van der Waals surface area contributed by atoms with Gasteiger partial charge in [-0.15, -0.1) is 0 Å². The van der Waals surface area contributed by atoms with E-state index in [9.17, 15) is 14.4 Å². The number of rotatable bonds is 7. The Morgan fingerprint density at radius 1 is 1.00 bits per heavy atom. The van der Waals surface area contributed by atoms with Gasteiger partial charge >= 0.3 is 11.9 Å². The third-order valence-electron chi connectivity index (χ3n) is 6.70. The number of methoxy groups -OCH3 is 1. The Hall–Kier alpha value is -3.87. The molecule has 0 aromatic heterocycles. The maximum atomic E-state index is 13.7. The molecule has 0 radical (unpaired) electrons. The predicted octanol–water partition coefficient (Wildman–Crippen LogP) is 4.23. The van der Waals surface area contributed by atoms with Crippen molar-refractivity contribution < 1.29 is 28.6 Å². The van der Waals surface area contributed by atoms with Crippen molar-refractivity contribution in [1.29, 1.82) is 0 Å². The lowest BCUT2D eigenvalue weighted by Crippen LogP contribution is -2.43. The molecular formula is C29H31NO6. The molecule has 1 N–H and O–H groups in total. The fourth-order valence-electron chi connectivity index (χ4n) is 4.93. The summed E-state index contributed by atoms with van der Waals surface area (Å²) >= 11 is 0. The Morgan fingerprint density at radius 3 is 2.36 bits per heavy atom. The van der Waals surface area contributed by atoms with Crippen molar-refractivity contribution in [2.24, 2.45) is 11.8 Å². The van der Waals surface area contributed by atoms with E-state index in [-0.39, 0.29) is 24.9 Å². The van der Waals surface area contributed by atoms with Crippen LogP contribution in [0.3, 0.4) is 0 Å². The zero-order valence-corrected chi connectivity index (χ0v) is 21.0. The fraction of sp³-hybridized carbons (Fsp3) is 0.345. The van der Waals surface area contributed by atoms with Crippen LogP contribution in [0, 0.1) is 18.8 Å². The van der Waals surface area contributed by atoms with Crippen molar-refractivity contribution in [2.45, 2.75) is 33.1 Å². The molecule has 0 bridgehead atoms. The summed E-state index contributed by atoms with van der Waals surface area (Å²) in [6.45, 7) is 5.89. The lowest BCUT2D eigenvalue weighted by Gasteiger charge is -2.38. The number of benzene rings is 2. The van der Waals surface area contributed by atoms with Crippen LogP contribution < -0.4 is 10.1 Å². The van der Waals surface area contributed by atoms with Gasteiger partial charge in [0.05, 0.1) is 12.7 Å². The number of hydrogen-bond acceptors (Lipinski definition) is 7. The van der Waals surface area contributed by atoms with Gasteiger partial charge in [0.1, 0.15) is 24.9 Å². The van der Waals surface area contributed by atoms with Gasteiger partial charge in [-0.25, -0.2) is 4.79 Å². The van der Waals surface area contributed by atoms with Gasteiger partial charge in [0.25, 0.3) is 0 Å². The summed E-state index contributed by atoms with van der Waals surface area (Å²) in [4.78, 5) is 39.6. The Bertz CT molecular complexity index is 1210. The highest BCUT2D eigenvalue weighted by molar-refractivity contribution is 6.12. The topological polar surface area (TPSA) is 90.9 Å². The number of dihydropyridines is 1. The molecule has 36 heavy (non-hydrogen) atoms. The van der Waals surface area contributed by atoms with Crippen molar-refractivity contribution in [3.05, 3.63) is 88.3 Å². The molecule has 1 aliphatic heterocycles. The molecule has 1 heterocycles. The summed E-state index contributed by atoms with van der Waals surface area (Å²) in [5.41, 5.74) is 3.98. The monoisotopic (exact) mass is 489 g/mol. The standard InChI is InChI=1S/C29H31NO6/c1-17-10-12-20(13-11-17)25-24(29(33)36-15-14-35-21-8-6-5-7-9-21)19(3)30-22-16-18(2)23(28(32)34-4)27(31)26(22)25/h5-13,18,23,25,30H,14-16H2,1-4H3/t18-,23-,25+/m1/s1. The predicted molar refractivity (Wildman–Crippen MR) is 134 cm³/mol. The number of hydrogen-bond donors (Lipinski definition) is 1. The lowest BCUT2D eigenvalue weighted by atomic mass is 9.69. The molecule has 1 aliphatic carbocycles. The Balaban J connectivity index is 1.63. The molecule has 0 fully saturated rings. The fourth-order valence-corrected chi connectivity index (χ4v) is 4.93. The number of Topliss-reactive ketones (excluding diaryl/α,β-unsaturated/α-hetero) is 1. The lowest BCUT2D eigenvalue weighted by molar-refractivity contribution is -0.151. The second kappa shape index (κ2) is 10.8. The van der Waals surface area contributed by atoms with Crippen LogP contribution in [0.1, 0.15) is 37.3 Å². The second-order valence-corrected chi connectivity index (χ2v) is 9.24. The Morgan fingerprint density at radius 2 is 1.69 bits per heavy atom. The van der Waals surface area contributed by atoms with Crippen molar-refractivity contribution in [3.63, 3.8) is 0 Å². The van der Waals surface area contributed by atoms with Gasteiger partial charge in [0.15, 0.2) is 5.78 Å². The molecule has 7 heteroatoms. The van der Waals surface area contributed by atoms with Crippen LogP contribution in [0.15, 0.2) is 77.1 Å². The van der Waals surface area contributed by atoms with Gasteiger partial charge in [-0.3, -0.25) is 9.59 Å². The maximum absolute atomic E-state index is 13.7. The molecule has 188 valence electrons. The zero-order chi connectivity index (χ0) is 25.8. The molecule has 7 nitrogen and oxygen atoms in total. The molecular weight excluding hydrogens is 458 g/mol. The largest absolute Gasteiger partial charge is 0.490 e. The highest BCUT2D eigenvalue weighted by Crippen LogP contribution is 2.45. The van der Waals surface area contributed by atoms with E-state index in [0.717, 1.165) is 16.8 Å². The van der Waals surface area contributed by atoms with Gasteiger partial charge in [-0.05, 0) is 43.9 Å². The van der Waals surface area contributed by atoms with Gasteiger partial charge in [0.2, 0.25) is 0 Å². The minimum atomic E-state index is -0.918. The quantitative estimate of drug-likeness (QED) is 0.354. The van der Waals surface area contributed by atoms with E-state index >= 15 is 0 Å². The third-order valence-corrected chi connectivity index (χ3v) is 6.70. The van der Waals surface area contributed by atoms with Crippen LogP contribution in [0.4, 0.5) is 0 Å². The van der Waals surface area contributed by atoms with Gasteiger partial charge < -0.3 is 19.5 Å². The average molecular weight is 490 g/mol. The molecule has 2 aliphatic rings. The maximum Gasteiger partial charge on any atom is 0.336 e. The van der Waals surface area contributed by atoms with E-state index in [1.807, 2.05) is 75.4 Å². The smallest absolute Gasteiger partial charge is 0.336 e. The van der Waals surface area contributed by atoms with Crippen molar-refractivity contribution in [1.82, 2.24) is 5.32 Å². The number of ketones is 1. The number of aryl methyl sites for hydroxylation is 1. The molecule has 0 amide bonds. The number of allylic oxidation sites excluding steroid dienone is 3. The van der Waals surface area contributed by atoms with Crippen LogP contribution in [0.2, 0.25) is 0 Å². The van der Waals surface area contributed by atoms with E-state index in [4.69, 9.17) is 14.2 Å². The summed E-state index contributed by atoms with van der Waals surface area (Å²) in [6, 6.07) is 17.0. The molecule has 0 saturated carbocycles. The number of esters is 2. The third kappa shape index (κ3) is 5.05. The van der Waals surface area contributed by atoms with Crippen LogP contribution >= 0.6 is 0 Å². The first kappa shape index (κ1) is 25.2. The van der Waals surface area contributed by atoms with Crippen molar-refractivity contribution >= 4 is 17.7 Å². The van der Waals surface area contributed by atoms with E-state index in [2.05, 4.69) is 5.32 Å². The van der Waals surface area contributed by atoms with Crippen LogP contribution in [0.25, 0.3) is 0 Å².